The van der Waals surface area contributed by atoms with E-state index in [1.807, 2.05) is 18.2 Å². The quantitative estimate of drug-likeness (QED) is 0.812. The molecule has 1 atom stereocenters. The van der Waals surface area contributed by atoms with Gasteiger partial charge in [-0.15, -0.1) is 0 Å². The van der Waals surface area contributed by atoms with Gasteiger partial charge in [-0.25, -0.2) is 0 Å². The molecule has 106 valence electrons. The summed E-state index contributed by atoms with van der Waals surface area (Å²) < 4.78 is 0.876. The summed E-state index contributed by atoms with van der Waals surface area (Å²) in [6.45, 7) is 2.69. The highest BCUT2D eigenvalue weighted by molar-refractivity contribution is 9.10. The van der Waals surface area contributed by atoms with E-state index in [1.165, 1.54) is 11.1 Å². The maximum atomic E-state index is 6.00. The lowest BCUT2D eigenvalue weighted by molar-refractivity contribution is 0.789. The number of hydrogen-bond acceptors (Lipinski definition) is 2. The average Bonchev–Trinajstić information content (AvgIpc) is 2.48. The first-order valence-electron chi connectivity index (χ1n) is 6.64. The number of hydrogen-bond donors (Lipinski definition) is 2. The van der Waals surface area contributed by atoms with Crippen molar-refractivity contribution >= 4 is 33.2 Å². The van der Waals surface area contributed by atoms with Crippen molar-refractivity contribution in [2.45, 2.75) is 19.4 Å². The Balaban J connectivity index is 2.16. The lowest BCUT2D eigenvalue weighted by Gasteiger charge is -2.19. The van der Waals surface area contributed by atoms with Crippen LogP contribution in [0.5, 0.6) is 0 Å². The Labute approximate surface area is 133 Å². The summed E-state index contributed by atoms with van der Waals surface area (Å²) in [4.78, 5) is 0. The van der Waals surface area contributed by atoms with Gasteiger partial charge in [0.2, 0.25) is 0 Å². The lowest BCUT2D eigenvalue weighted by atomic mass is 10.0. The average molecular weight is 354 g/mol. The number of halogens is 2. The molecular weight excluding hydrogens is 336 g/mol. The Morgan fingerprint density at radius 2 is 1.90 bits per heavy atom. The molecule has 0 spiro atoms. The standard InChI is InChI=1S/C16H18BrClN2/c1-2-11-3-5-12(6-4-11)16(10-19)20-13-7-8-15(18)14(17)9-13/h3-9,16,20H,2,10,19H2,1H3. The van der Waals surface area contributed by atoms with Gasteiger partial charge in [0, 0.05) is 16.7 Å². The minimum atomic E-state index is 0.0916. The van der Waals surface area contributed by atoms with Crippen molar-refractivity contribution in [2.24, 2.45) is 5.73 Å². The van der Waals surface area contributed by atoms with Crippen molar-refractivity contribution in [3.05, 3.63) is 63.1 Å². The van der Waals surface area contributed by atoms with Gasteiger partial charge in [0.15, 0.2) is 0 Å². The highest BCUT2D eigenvalue weighted by atomic mass is 79.9. The molecule has 20 heavy (non-hydrogen) atoms. The van der Waals surface area contributed by atoms with E-state index in [2.05, 4.69) is 52.4 Å². The molecule has 4 heteroatoms. The summed E-state index contributed by atoms with van der Waals surface area (Å²) in [6.07, 6.45) is 1.05. The molecule has 2 aromatic carbocycles. The number of nitrogens with two attached hydrogens (primary N) is 1. The summed E-state index contributed by atoms with van der Waals surface area (Å²) in [5.74, 6) is 0. The van der Waals surface area contributed by atoms with Gasteiger partial charge in [0.25, 0.3) is 0 Å². The normalized spacial score (nSPS) is 12.2. The number of benzene rings is 2. The second-order valence-corrected chi connectivity index (χ2v) is 5.92. The summed E-state index contributed by atoms with van der Waals surface area (Å²) in [6, 6.07) is 14.4. The van der Waals surface area contributed by atoms with Crippen LogP contribution in [0.1, 0.15) is 24.1 Å². The van der Waals surface area contributed by atoms with Crippen molar-refractivity contribution in [3.8, 4) is 0 Å². The minimum Gasteiger partial charge on any atom is -0.377 e. The van der Waals surface area contributed by atoms with Crippen molar-refractivity contribution < 1.29 is 0 Å². The molecular formula is C16H18BrClN2. The lowest BCUT2D eigenvalue weighted by Crippen LogP contribution is -2.20. The van der Waals surface area contributed by atoms with Gasteiger partial charge in [0.05, 0.1) is 11.1 Å². The monoisotopic (exact) mass is 352 g/mol. The number of aryl methyl sites for hydroxylation is 1. The van der Waals surface area contributed by atoms with E-state index in [0.717, 1.165) is 16.6 Å². The smallest absolute Gasteiger partial charge is 0.0636 e. The molecule has 0 bridgehead atoms. The fraction of sp³-hybridized carbons (Fsp3) is 0.250. The summed E-state index contributed by atoms with van der Waals surface area (Å²) in [7, 11) is 0. The van der Waals surface area contributed by atoms with Crippen molar-refractivity contribution in [2.75, 3.05) is 11.9 Å². The van der Waals surface area contributed by atoms with E-state index >= 15 is 0 Å². The Kier molecular flexibility index (Phi) is 5.46. The number of nitrogens with one attached hydrogen (secondary N) is 1. The van der Waals surface area contributed by atoms with Gasteiger partial charge in [0.1, 0.15) is 0 Å². The van der Waals surface area contributed by atoms with Crippen LogP contribution in [0.3, 0.4) is 0 Å². The van der Waals surface area contributed by atoms with Crippen molar-refractivity contribution in [1.29, 1.82) is 0 Å². The Hall–Kier alpha value is -1.03. The highest BCUT2D eigenvalue weighted by Gasteiger charge is 2.10. The van der Waals surface area contributed by atoms with Crippen LogP contribution >= 0.6 is 27.5 Å². The Bertz CT molecular complexity index is 569. The molecule has 0 fully saturated rings. The predicted octanol–water partition coefficient (Wildman–Crippen LogP) is 4.78. The van der Waals surface area contributed by atoms with E-state index in [0.29, 0.717) is 11.6 Å². The maximum absolute atomic E-state index is 6.00. The molecule has 0 saturated heterocycles. The van der Waals surface area contributed by atoms with E-state index in [9.17, 15) is 0 Å². The largest absolute Gasteiger partial charge is 0.377 e. The molecule has 0 aliphatic heterocycles. The fourth-order valence-electron chi connectivity index (χ4n) is 2.05. The first-order chi connectivity index (χ1) is 9.63. The summed E-state index contributed by atoms with van der Waals surface area (Å²) in [5.41, 5.74) is 9.41. The van der Waals surface area contributed by atoms with Crippen LogP contribution in [0.4, 0.5) is 5.69 Å². The van der Waals surface area contributed by atoms with Gasteiger partial charge in [-0.2, -0.15) is 0 Å². The van der Waals surface area contributed by atoms with Crippen LogP contribution in [-0.2, 0) is 6.42 Å². The van der Waals surface area contributed by atoms with Crippen LogP contribution in [0.15, 0.2) is 46.9 Å². The molecule has 3 N–H and O–H groups in total. The van der Waals surface area contributed by atoms with E-state index in [1.54, 1.807) is 0 Å². The molecule has 0 heterocycles. The van der Waals surface area contributed by atoms with Gasteiger partial charge in [-0.1, -0.05) is 42.8 Å². The zero-order chi connectivity index (χ0) is 14.5. The van der Waals surface area contributed by atoms with Gasteiger partial charge in [-0.05, 0) is 51.7 Å². The third-order valence-electron chi connectivity index (χ3n) is 3.29. The van der Waals surface area contributed by atoms with Crippen LogP contribution in [0.2, 0.25) is 5.02 Å². The van der Waals surface area contributed by atoms with Crippen LogP contribution in [0, 0.1) is 0 Å². The van der Waals surface area contributed by atoms with Crippen LogP contribution in [0.25, 0.3) is 0 Å². The Morgan fingerprint density at radius 1 is 1.20 bits per heavy atom. The summed E-state index contributed by atoms with van der Waals surface area (Å²) in [5, 5.41) is 4.14. The van der Waals surface area contributed by atoms with E-state index in [4.69, 9.17) is 17.3 Å². The molecule has 0 saturated carbocycles. The third kappa shape index (κ3) is 3.75. The van der Waals surface area contributed by atoms with E-state index < -0.39 is 0 Å². The first-order valence-corrected chi connectivity index (χ1v) is 7.81. The molecule has 0 aliphatic carbocycles. The second-order valence-electron chi connectivity index (χ2n) is 4.66. The molecule has 2 aromatic rings. The van der Waals surface area contributed by atoms with Gasteiger partial charge < -0.3 is 11.1 Å². The Morgan fingerprint density at radius 3 is 2.45 bits per heavy atom. The van der Waals surface area contributed by atoms with Crippen LogP contribution in [-0.4, -0.2) is 6.54 Å². The number of rotatable bonds is 5. The molecule has 0 aliphatic rings. The van der Waals surface area contributed by atoms with E-state index in [-0.39, 0.29) is 6.04 Å². The second kappa shape index (κ2) is 7.11. The van der Waals surface area contributed by atoms with Gasteiger partial charge in [-0.3, -0.25) is 0 Å². The SMILES string of the molecule is CCc1ccc(C(CN)Nc2ccc(Cl)c(Br)c2)cc1. The zero-order valence-corrected chi connectivity index (χ0v) is 13.7. The van der Waals surface area contributed by atoms with Crippen molar-refractivity contribution in [1.82, 2.24) is 0 Å². The predicted molar refractivity (Wildman–Crippen MR) is 90.4 cm³/mol. The minimum absolute atomic E-state index is 0.0916. The number of anilines is 1. The van der Waals surface area contributed by atoms with Gasteiger partial charge >= 0.3 is 0 Å². The zero-order valence-electron chi connectivity index (χ0n) is 11.4. The maximum Gasteiger partial charge on any atom is 0.0636 e. The molecule has 2 nitrogen and oxygen atoms in total. The topological polar surface area (TPSA) is 38.0 Å². The van der Waals surface area contributed by atoms with Crippen molar-refractivity contribution in [3.63, 3.8) is 0 Å². The molecule has 0 radical (unpaired) electrons. The molecule has 1 unspecified atom stereocenters. The highest BCUT2D eigenvalue weighted by Crippen LogP contribution is 2.27. The molecule has 0 amide bonds. The first kappa shape index (κ1) is 15.4. The third-order valence-corrected chi connectivity index (χ3v) is 4.50. The van der Waals surface area contributed by atoms with Crippen LogP contribution < -0.4 is 11.1 Å². The summed E-state index contributed by atoms with van der Waals surface area (Å²) >= 11 is 9.43. The molecule has 0 aromatic heterocycles. The fourth-order valence-corrected chi connectivity index (χ4v) is 2.55. The molecule has 2 rings (SSSR count).